The summed E-state index contributed by atoms with van der Waals surface area (Å²) in [6.45, 7) is 0.233. The molecule has 1 aliphatic carbocycles. The maximum atomic E-state index is 13.8. The molecule has 0 unspecified atom stereocenters. The second-order valence-corrected chi connectivity index (χ2v) is 10.5. The van der Waals surface area contributed by atoms with Crippen molar-refractivity contribution < 1.29 is 13.2 Å². The molecule has 7 nitrogen and oxygen atoms in total. The smallest absolute Gasteiger partial charge is 0.248 e. The molecule has 5 aromatic rings. The fraction of sp³-hybridized carbons (Fsp3) is 0.208. The highest BCUT2D eigenvalue weighted by Crippen LogP contribution is 2.59. The Morgan fingerprint density at radius 1 is 1.00 bits per heavy atom. The zero-order valence-corrected chi connectivity index (χ0v) is 21.2. The molecule has 2 aromatic carbocycles. The van der Waals surface area contributed by atoms with Gasteiger partial charge in [-0.25, -0.2) is 14.3 Å². The molecule has 0 radical (unpaired) electrons. The van der Waals surface area contributed by atoms with Crippen molar-refractivity contribution >= 4 is 34.5 Å². The first-order chi connectivity index (χ1) is 17.8. The van der Waals surface area contributed by atoms with Gasteiger partial charge in [0.15, 0.2) is 5.01 Å². The van der Waals surface area contributed by atoms with Gasteiger partial charge >= 0.3 is 6.18 Å². The largest absolute Gasteiger partial charge is 0.400 e. The zero-order chi connectivity index (χ0) is 25.8. The molecule has 6 rings (SSSR count). The summed E-state index contributed by atoms with van der Waals surface area (Å²) in [5, 5.41) is 18.4. The van der Waals surface area contributed by atoms with Crippen LogP contribution in [0.25, 0.3) is 27.6 Å². The number of rotatable bonds is 6. The average molecular weight is 562 g/mol. The van der Waals surface area contributed by atoms with E-state index in [4.69, 9.17) is 28.3 Å². The van der Waals surface area contributed by atoms with Crippen molar-refractivity contribution in [3.05, 3.63) is 81.8 Å². The predicted molar refractivity (Wildman–Crippen MR) is 134 cm³/mol. The number of hydrogen-bond donors (Lipinski definition) is 0. The monoisotopic (exact) mass is 561 g/mol. The van der Waals surface area contributed by atoms with Crippen LogP contribution in [0.1, 0.15) is 23.4 Å². The van der Waals surface area contributed by atoms with Crippen molar-refractivity contribution in [1.82, 2.24) is 34.7 Å². The minimum atomic E-state index is -4.39. The molecule has 188 valence electrons. The first kappa shape index (κ1) is 24.1. The molecular formula is C24H16Cl2F3N7S. The summed E-state index contributed by atoms with van der Waals surface area (Å²) >= 11 is 13.6. The molecule has 0 spiro atoms. The number of alkyl halides is 3. The standard InChI is InChI=1S/C24H16Cl2F3N7S/c25-15-7-5-14(6-8-15)20-16(11-35-13-30-12-31-35)19(34-36(20)18-4-2-1-3-17(18)26)21-32-33-22(37-21)23(9-10-23)24(27,28)29/h1-8,12-13H,9-11H2. The van der Waals surface area contributed by atoms with Crippen LogP contribution in [0.2, 0.25) is 10.0 Å². The van der Waals surface area contributed by atoms with Crippen LogP contribution in [0.4, 0.5) is 13.2 Å². The number of nitrogens with zero attached hydrogens (tertiary/aromatic N) is 7. The van der Waals surface area contributed by atoms with E-state index in [2.05, 4.69) is 20.3 Å². The molecule has 1 aliphatic rings. The normalized spacial score (nSPS) is 14.7. The SMILES string of the molecule is FC(F)(F)C1(c2nnc(-c3nn(-c4ccccc4Cl)c(-c4ccc(Cl)cc4)c3Cn3cncn3)s2)CC1. The van der Waals surface area contributed by atoms with Gasteiger partial charge in [0.05, 0.1) is 22.9 Å². The summed E-state index contributed by atoms with van der Waals surface area (Å²) in [5.74, 6) is 0. The Bertz CT molecular complexity index is 1570. The van der Waals surface area contributed by atoms with Gasteiger partial charge < -0.3 is 0 Å². The van der Waals surface area contributed by atoms with Crippen LogP contribution in [0.3, 0.4) is 0 Å². The van der Waals surface area contributed by atoms with Crippen molar-refractivity contribution in [2.24, 2.45) is 0 Å². The Labute approximate surface area is 222 Å². The van der Waals surface area contributed by atoms with E-state index in [9.17, 15) is 13.2 Å². The maximum absolute atomic E-state index is 13.8. The van der Waals surface area contributed by atoms with Crippen LogP contribution in [0.15, 0.2) is 61.2 Å². The average Bonchev–Trinajstić information content (AvgIpc) is 3.20. The summed E-state index contributed by atoms with van der Waals surface area (Å²) in [6.07, 6.45) is -1.43. The summed E-state index contributed by atoms with van der Waals surface area (Å²) in [6, 6.07) is 14.4. The number of benzene rings is 2. The fourth-order valence-corrected chi connectivity index (χ4v) is 5.67. The number of hydrogen-bond acceptors (Lipinski definition) is 6. The third-order valence-electron chi connectivity index (χ3n) is 6.30. The first-order valence-corrected chi connectivity index (χ1v) is 12.7. The van der Waals surface area contributed by atoms with E-state index in [1.54, 1.807) is 40.0 Å². The van der Waals surface area contributed by atoms with Crippen LogP contribution in [-0.2, 0) is 12.0 Å². The van der Waals surface area contributed by atoms with Gasteiger partial charge in [-0.1, -0.05) is 58.8 Å². The Morgan fingerprint density at radius 2 is 1.76 bits per heavy atom. The van der Waals surface area contributed by atoms with Crippen molar-refractivity contribution in [3.8, 4) is 27.6 Å². The van der Waals surface area contributed by atoms with Gasteiger partial charge in [0.25, 0.3) is 0 Å². The topological polar surface area (TPSA) is 74.3 Å². The highest BCUT2D eigenvalue weighted by atomic mass is 35.5. The van der Waals surface area contributed by atoms with Gasteiger partial charge in [-0.05, 0) is 37.1 Å². The van der Waals surface area contributed by atoms with Crippen molar-refractivity contribution in [2.45, 2.75) is 31.0 Å². The molecule has 1 fully saturated rings. The second-order valence-electron chi connectivity index (χ2n) is 8.63. The lowest BCUT2D eigenvalue weighted by atomic mass is 10.1. The molecule has 0 N–H and O–H groups in total. The Hall–Kier alpha value is -3.28. The van der Waals surface area contributed by atoms with Gasteiger partial charge in [0, 0.05) is 16.1 Å². The highest BCUT2D eigenvalue weighted by molar-refractivity contribution is 7.14. The van der Waals surface area contributed by atoms with Gasteiger partial charge in [-0.2, -0.15) is 23.4 Å². The van der Waals surface area contributed by atoms with Gasteiger partial charge in [0.2, 0.25) is 0 Å². The maximum Gasteiger partial charge on any atom is 0.400 e. The molecule has 1 saturated carbocycles. The second kappa shape index (κ2) is 8.93. The lowest BCUT2D eigenvalue weighted by Gasteiger charge is -2.15. The van der Waals surface area contributed by atoms with Gasteiger partial charge in [-0.3, -0.25) is 0 Å². The molecule has 13 heteroatoms. The van der Waals surface area contributed by atoms with E-state index in [0.717, 1.165) is 16.9 Å². The number of aromatic nitrogens is 7. The summed E-state index contributed by atoms with van der Waals surface area (Å²) in [5.41, 5.74) is 1.17. The van der Waals surface area contributed by atoms with E-state index >= 15 is 0 Å². The molecule has 0 saturated heterocycles. The molecule has 0 aliphatic heterocycles. The molecule has 3 heterocycles. The van der Waals surface area contributed by atoms with Crippen molar-refractivity contribution in [1.29, 1.82) is 0 Å². The third-order valence-corrected chi connectivity index (χ3v) is 8.00. The van der Waals surface area contributed by atoms with Crippen LogP contribution in [-0.4, -0.2) is 40.9 Å². The predicted octanol–water partition coefficient (Wildman–Crippen LogP) is 6.60. The lowest BCUT2D eigenvalue weighted by Crippen LogP contribution is -2.28. The Morgan fingerprint density at radius 3 is 2.41 bits per heavy atom. The molecule has 37 heavy (non-hydrogen) atoms. The number of halogens is 5. The van der Waals surface area contributed by atoms with E-state index < -0.39 is 11.6 Å². The first-order valence-electron chi connectivity index (χ1n) is 11.1. The molecule has 0 atom stereocenters. The molecule has 0 bridgehead atoms. The lowest BCUT2D eigenvalue weighted by molar-refractivity contribution is -0.160. The van der Waals surface area contributed by atoms with Crippen LogP contribution < -0.4 is 0 Å². The van der Waals surface area contributed by atoms with Crippen LogP contribution in [0, 0.1) is 0 Å². The van der Waals surface area contributed by atoms with E-state index in [0.29, 0.717) is 32.7 Å². The van der Waals surface area contributed by atoms with Crippen LogP contribution >= 0.6 is 34.5 Å². The highest BCUT2D eigenvalue weighted by Gasteiger charge is 2.66. The van der Waals surface area contributed by atoms with Gasteiger partial charge in [0.1, 0.15) is 28.8 Å². The fourth-order valence-electron chi connectivity index (χ4n) is 4.21. The van der Waals surface area contributed by atoms with E-state index in [-0.39, 0.29) is 29.4 Å². The summed E-state index contributed by atoms with van der Waals surface area (Å²) < 4.78 is 44.6. The van der Waals surface area contributed by atoms with Crippen LogP contribution in [0.5, 0.6) is 0 Å². The number of para-hydroxylation sites is 1. The zero-order valence-electron chi connectivity index (χ0n) is 18.8. The van der Waals surface area contributed by atoms with Crippen molar-refractivity contribution in [3.63, 3.8) is 0 Å². The van der Waals surface area contributed by atoms with E-state index in [1.807, 2.05) is 24.3 Å². The minimum Gasteiger partial charge on any atom is -0.248 e. The van der Waals surface area contributed by atoms with E-state index in [1.165, 1.54) is 6.33 Å². The van der Waals surface area contributed by atoms with Crippen molar-refractivity contribution in [2.75, 3.05) is 0 Å². The Kier molecular flexibility index (Phi) is 5.81. The summed E-state index contributed by atoms with van der Waals surface area (Å²) in [4.78, 5) is 4.02. The molecule has 0 amide bonds. The summed E-state index contributed by atoms with van der Waals surface area (Å²) in [7, 11) is 0. The minimum absolute atomic E-state index is 0.00103. The molecule has 3 aromatic heterocycles. The third kappa shape index (κ3) is 4.20. The quantitative estimate of drug-likeness (QED) is 0.233. The molecular weight excluding hydrogens is 546 g/mol. The van der Waals surface area contributed by atoms with Gasteiger partial charge in [-0.15, -0.1) is 10.2 Å². The Balaban J connectivity index is 1.59.